The summed E-state index contributed by atoms with van der Waals surface area (Å²) < 4.78 is 0. The summed E-state index contributed by atoms with van der Waals surface area (Å²) >= 11 is 0. The van der Waals surface area contributed by atoms with Crippen LogP contribution in [-0.4, -0.2) is 11.9 Å². The average molecular weight is 218 g/mol. The van der Waals surface area contributed by atoms with Crippen LogP contribution < -0.4 is 11.1 Å². The van der Waals surface area contributed by atoms with Gasteiger partial charge in [-0.3, -0.25) is 4.79 Å². The van der Waals surface area contributed by atoms with E-state index in [-0.39, 0.29) is 17.9 Å². The van der Waals surface area contributed by atoms with Gasteiger partial charge in [-0.25, -0.2) is 0 Å². The number of hydrogen-bond acceptors (Lipinski definition) is 2. The predicted octanol–water partition coefficient (Wildman–Crippen LogP) is 1.92. The van der Waals surface area contributed by atoms with Crippen molar-refractivity contribution in [2.75, 3.05) is 5.32 Å². The molecular weight excluding hydrogens is 200 g/mol. The number of rotatable bonds is 4. The summed E-state index contributed by atoms with van der Waals surface area (Å²) in [5.41, 5.74) is 7.81. The van der Waals surface area contributed by atoms with Gasteiger partial charge in [0.15, 0.2) is 0 Å². The molecular formula is C13H18N2O. The molecule has 1 atom stereocenters. The van der Waals surface area contributed by atoms with Crippen molar-refractivity contribution < 1.29 is 4.79 Å². The maximum absolute atomic E-state index is 11.5. The van der Waals surface area contributed by atoms with Crippen molar-refractivity contribution in [2.45, 2.75) is 32.2 Å². The largest absolute Gasteiger partial charge is 0.328 e. The highest BCUT2D eigenvalue weighted by molar-refractivity contribution is 5.93. The van der Waals surface area contributed by atoms with Crippen LogP contribution in [0.25, 0.3) is 0 Å². The van der Waals surface area contributed by atoms with Gasteiger partial charge >= 0.3 is 0 Å². The predicted molar refractivity (Wildman–Crippen MR) is 65.1 cm³/mol. The maximum Gasteiger partial charge on any atom is 0.227 e. The standard InChI is InChI=1S/C13H18N2O/c1-9(14)8-10-2-6-12(7-3-10)15-13(16)11-4-5-11/h2-3,6-7,9,11H,4-5,8,14H2,1H3,(H,15,16). The molecule has 1 aliphatic rings. The zero-order chi connectivity index (χ0) is 11.5. The van der Waals surface area contributed by atoms with Crippen LogP contribution in [0.2, 0.25) is 0 Å². The first kappa shape index (κ1) is 11.1. The van der Waals surface area contributed by atoms with Gasteiger partial charge in [-0.15, -0.1) is 0 Å². The fraction of sp³-hybridized carbons (Fsp3) is 0.462. The second kappa shape index (κ2) is 4.66. The van der Waals surface area contributed by atoms with Gasteiger partial charge in [-0.05, 0) is 43.9 Å². The van der Waals surface area contributed by atoms with E-state index in [2.05, 4.69) is 5.32 Å². The lowest BCUT2D eigenvalue weighted by atomic mass is 10.1. The van der Waals surface area contributed by atoms with E-state index >= 15 is 0 Å². The molecule has 0 aliphatic heterocycles. The molecule has 0 saturated heterocycles. The summed E-state index contributed by atoms with van der Waals surface area (Å²) in [7, 11) is 0. The van der Waals surface area contributed by atoms with Crippen LogP contribution in [0.5, 0.6) is 0 Å². The Morgan fingerprint density at radius 2 is 2.06 bits per heavy atom. The SMILES string of the molecule is CC(N)Cc1ccc(NC(=O)C2CC2)cc1. The van der Waals surface area contributed by atoms with Crippen molar-refractivity contribution in [3.05, 3.63) is 29.8 Å². The van der Waals surface area contributed by atoms with Gasteiger partial charge in [-0.2, -0.15) is 0 Å². The first-order chi connectivity index (χ1) is 7.65. The molecule has 16 heavy (non-hydrogen) atoms. The van der Waals surface area contributed by atoms with Crippen molar-refractivity contribution in [1.29, 1.82) is 0 Å². The van der Waals surface area contributed by atoms with Gasteiger partial charge < -0.3 is 11.1 Å². The Balaban J connectivity index is 1.93. The van der Waals surface area contributed by atoms with Crippen LogP contribution in [-0.2, 0) is 11.2 Å². The second-order valence-corrected chi connectivity index (χ2v) is 4.64. The number of anilines is 1. The first-order valence-corrected chi connectivity index (χ1v) is 5.80. The van der Waals surface area contributed by atoms with Gasteiger partial charge in [-0.1, -0.05) is 12.1 Å². The molecule has 1 aliphatic carbocycles. The zero-order valence-corrected chi connectivity index (χ0v) is 9.57. The number of benzene rings is 1. The Labute approximate surface area is 96.0 Å². The van der Waals surface area contributed by atoms with E-state index in [0.717, 1.165) is 24.9 Å². The molecule has 0 heterocycles. The van der Waals surface area contributed by atoms with Gasteiger partial charge in [0.1, 0.15) is 0 Å². The Morgan fingerprint density at radius 3 is 2.56 bits per heavy atom. The summed E-state index contributed by atoms with van der Waals surface area (Å²) in [4.78, 5) is 11.5. The van der Waals surface area contributed by atoms with Crippen LogP contribution in [0, 0.1) is 5.92 Å². The average Bonchev–Trinajstić information content (AvgIpc) is 3.03. The molecule has 1 aromatic carbocycles. The molecule has 1 fully saturated rings. The van der Waals surface area contributed by atoms with E-state index in [1.807, 2.05) is 31.2 Å². The van der Waals surface area contributed by atoms with E-state index in [1.165, 1.54) is 5.56 Å². The molecule has 0 radical (unpaired) electrons. The monoisotopic (exact) mass is 218 g/mol. The summed E-state index contributed by atoms with van der Waals surface area (Å²) in [6.07, 6.45) is 2.94. The number of nitrogens with one attached hydrogen (secondary N) is 1. The van der Waals surface area contributed by atoms with Crippen molar-refractivity contribution in [3.63, 3.8) is 0 Å². The van der Waals surface area contributed by atoms with E-state index in [9.17, 15) is 4.79 Å². The molecule has 1 amide bonds. The minimum atomic E-state index is 0.153. The van der Waals surface area contributed by atoms with E-state index in [1.54, 1.807) is 0 Å². The molecule has 1 unspecified atom stereocenters. The highest BCUT2D eigenvalue weighted by atomic mass is 16.2. The van der Waals surface area contributed by atoms with Crippen LogP contribution in [0.4, 0.5) is 5.69 Å². The fourth-order valence-corrected chi connectivity index (χ4v) is 1.69. The summed E-state index contributed by atoms with van der Waals surface area (Å²) in [5.74, 6) is 0.406. The van der Waals surface area contributed by atoms with E-state index in [4.69, 9.17) is 5.73 Å². The van der Waals surface area contributed by atoms with E-state index in [0.29, 0.717) is 0 Å². The van der Waals surface area contributed by atoms with Gasteiger partial charge in [0.05, 0.1) is 0 Å². The van der Waals surface area contributed by atoms with Crippen LogP contribution >= 0.6 is 0 Å². The molecule has 1 aromatic rings. The molecule has 0 aromatic heterocycles. The normalized spacial score (nSPS) is 16.9. The third kappa shape index (κ3) is 3.07. The summed E-state index contributed by atoms with van der Waals surface area (Å²) in [5, 5.41) is 2.91. The minimum absolute atomic E-state index is 0.153. The quantitative estimate of drug-likeness (QED) is 0.811. The third-order valence-electron chi connectivity index (χ3n) is 2.73. The number of carbonyl (C=O) groups excluding carboxylic acids is 1. The minimum Gasteiger partial charge on any atom is -0.328 e. The Bertz CT molecular complexity index is 366. The van der Waals surface area contributed by atoms with Crippen molar-refractivity contribution in [3.8, 4) is 0 Å². The fourth-order valence-electron chi connectivity index (χ4n) is 1.69. The van der Waals surface area contributed by atoms with Crippen molar-refractivity contribution >= 4 is 11.6 Å². The number of nitrogens with two attached hydrogens (primary N) is 1. The van der Waals surface area contributed by atoms with Crippen LogP contribution in [0.3, 0.4) is 0 Å². The summed E-state index contributed by atoms with van der Waals surface area (Å²) in [6, 6.07) is 8.10. The number of carbonyl (C=O) groups is 1. The van der Waals surface area contributed by atoms with Gasteiger partial charge in [0, 0.05) is 17.6 Å². The molecule has 3 N–H and O–H groups in total. The molecule has 0 spiro atoms. The van der Waals surface area contributed by atoms with Crippen molar-refractivity contribution in [2.24, 2.45) is 11.7 Å². The molecule has 86 valence electrons. The molecule has 1 saturated carbocycles. The lowest BCUT2D eigenvalue weighted by Crippen LogP contribution is -2.17. The smallest absolute Gasteiger partial charge is 0.227 e. The highest BCUT2D eigenvalue weighted by Gasteiger charge is 2.29. The van der Waals surface area contributed by atoms with E-state index < -0.39 is 0 Å². The first-order valence-electron chi connectivity index (χ1n) is 5.80. The number of hydrogen-bond donors (Lipinski definition) is 2. The summed E-state index contributed by atoms with van der Waals surface area (Å²) in [6.45, 7) is 1.99. The maximum atomic E-state index is 11.5. The van der Waals surface area contributed by atoms with Crippen molar-refractivity contribution in [1.82, 2.24) is 0 Å². The Morgan fingerprint density at radius 1 is 1.44 bits per heavy atom. The second-order valence-electron chi connectivity index (χ2n) is 4.64. The Hall–Kier alpha value is -1.35. The zero-order valence-electron chi connectivity index (χ0n) is 9.57. The van der Waals surface area contributed by atoms with Gasteiger partial charge in [0.2, 0.25) is 5.91 Å². The Kier molecular flexibility index (Phi) is 3.25. The van der Waals surface area contributed by atoms with Gasteiger partial charge in [0.25, 0.3) is 0 Å². The lowest BCUT2D eigenvalue weighted by Gasteiger charge is -2.07. The topological polar surface area (TPSA) is 55.1 Å². The molecule has 3 heteroatoms. The highest BCUT2D eigenvalue weighted by Crippen LogP contribution is 2.30. The molecule has 2 rings (SSSR count). The lowest BCUT2D eigenvalue weighted by molar-refractivity contribution is -0.117. The number of amides is 1. The van der Waals surface area contributed by atoms with Crippen LogP contribution in [0.1, 0.15) is 25.3 Å². The third-order valence-corrected chi connectivity index (χ3v) is 2.73. The molecule has 0 bridgehead atoms. The molecule has 3 nitrogen and oxygen atoms in total. The van der Waals surface area contributed by atoms with Crippen LogP contribution in [0.15, 0.2) is 24.3 Å².